The highest BCUT2D eigenvalue weighted by atomic mass is 16.7. The molecule has 3 nitrogen and oxygen atoms in total. The average molecular weight is 482 g/mol. The highest BCUT2D eigenvalue weighted by Gasteiger charge is 2.05. The summed E-state index contributed by atoms with van der Waals surface area (Å²) in [6.07, 6.45) is 35.6. The third kappa shape index (κ3) is 27.7. The fraction of sp³-hybridized carbons (Fsp3) is 0.968. The molecular weight excluding hydrogens is 418 g/mol. The van der Waals surface area contributed by atoms with Crippen LogP contribution in [0.15, 0.2) is 0 Å². The number of hydroxylamine groups is 2. The fourth-order valence-electron chi connectivity index (χ4n) is 4.89. The van der Waals surface area contributed by atoms with Gasteiger partial charge in [0.2, 0.25) is 0 Å². The Balaban J connectivity index is 3.36. The van der Waals surface area contributed by atoms with Crippen LogP contribution in [0.5, 0.6) is 0 Å². The molecule has 0 saturated heterocycles. The monoisotopic (exact) mass is 481 g/mol. The summed E-state index contributed by atoms with van der Waals surface area (Å²) in [6, 6.07) is 0. The van der Waals surface area contributed by atoms with Crippen molar-refractivity contribution in [2.45, 2.75) is 181 Å². The molecule has 0 aliphatic carbocycles. The molecule has 0 radical (unpaired) electrons. The molecule has 0 aliphatic rings. The molecule has 0 heterocycles. The van der Waals surface area contributed by atoms with E-state index in [4.69, 9.17) is 4.84 Å². The van der Waals surface area contributed by atoms with E-state index in [1.807, 2.05) is 5.06 Å². The van der Waals surface area contributed by atoms with E-state index < -0.39 is 0 Å². The van der Waals surface area contributed by atoms with Crippen molar-refractivity contribution in [2.24, 2.45) is 0 Å². The molecule has 0 bridgehead atoms. The molecule has 0 atom stereocenters. The van der Waals surface area contributed by atoms with Crippen LogP contribution in [0.4, 0.5) is 0 Å². The minimum atomic E-state index is 0.600. The molecule has 0 aromatic heterocycles. The Morgan fingerprint density at radius 2 is 0.647 bits per heavy atom. The third-order valence-corrected chi connectivity index (χ3v) is 7.21. The molecule has 0 amide bonds. The van der Waals surface area contributed by atoms with Gasteiger partial charge in [0.25, 0.3) is 0 Å². The van der Waals surface area contributed by atoms with E-state index in [2.05, 4.69) is 13.8 Å². The van der Waals surface area contributed by atoms with E-state index >= 15 is 0 Å². The lowest BCUT2D eigenvalue weighted by Crippen LogP contribution is -2.26. The van der Waals surface area contributed by atoms with Crippen LogP contribution in [0.25, 0.3) is 0 Å². The summed E-state index contributed by atoms with van der Waals surface area (Å²) in [6.45, 7) is 6.96. The van der Waals surface area contributed by atoms with Crippen molar-refractivity contribution in [3.05, 3.63) is 0 Å². The standard InChI is InChI=1S/C31H63NO2/c1-3-5-7-9-11-13-15-16-17-18-19-20-22-24-26-28-30-32(34-31-33)29-27-25-23-21-14-12-10-8-6-4-2/h31H,3-30H2,1-2H3. The number of nitrogens with zero attached hydrogens (tertiary/aromatic N) is 1. The highest BCUT2D eigenvalue weighted by molar-refractivity contribution is 5.36. The van der Waals surface area contributed by atoms with Gasteiger partial charge in [-0.05, 0) is 12.8 Å². The zero-order chi connectivity index (χ0) is 24.8. The number of hydrogen-bond donors (Lipinski definition) is 0. The van der Waals surface area contributed by atoms with Gasteiger partial charge in [0.05, 0.1) is 0 Å². The van der Waals surface area contributed by atoms with Crippen LogP contribution >= 0.6 is 0 Å². The second-order valence-corrected chi connectivity index (χ2v) is 10.6. The first-order valence-corrected chi connectivity index (χ1v) is 15.7. The van der Waals surface area contributed by atoms with Gasteiger partial charge >= 0.3 is 6.47 Å². The molecule has 0 rings (SSSR count). The van der Waals surface area contributed by atoms with E-state index in [1.165, 1.54) is 154 Å². The third-order valence-electron chi connectivity index (χ3n) is 7.21. The molecule has 0 spiro atoms. The summed E-state index contributed by atoms with van der Waals surface area (Å²) >= 11 is 0. The Labute approximate surface area is 215 Å². The zero-order valence-electron chi connectivity index (χ0n) is 23.6. The largest absolute Gasteiger partial charge is 0.371 e. The van der Waals surface area contributed by atoms with Crippen molar-refractivity contribution in [1.82, 2.24) is 5.06 Å². The van der Waals surface area contributed by atoms with Crippen molar-refractivity contribution >= 4 is 6.47 Å². The van der Waals surface area contributed by atoms with Gasteiger partial charge in [-0.3, -0.25) is 4.79 Å². The predicted molar refractivity (Wildman–Crippen MR) is 150 cm³/mol. The van der Waals surface area contributed by atoms with Gasteiger partial charge in [0, 0.05) is 13.1 Å². The molecule has 0 unspecified atom stereocenters. The van der Waals surface area contributed by atoms with Crippen LogP contribution in [-0.4, -0.2) is 24.6 Å². The molecule has 204 valence electrons. The Kier molecular flexibility index (Phi) is 30.0. The van der Waals surface area contributed by atoms with Crippen molar-refractivity contribution < 1.29 is 9.63 Å². The lowest BCUT2D eigenvalue weighted by atomic mass is 10.0. The molecule has 0 N–H and O–H groups in total. The van der Waals surface area contributed by atoms with Gasteiger partial charge in [0.15, 0.2) is 0 Å². The first-order valence-electron chi connectivity index (χ1n) is 15.7. The first kappa shape index (κ1) is 33.4. The van der Waals surface area contributed by atoms with Crippen LogP contribution in [0.2, 0.25) is 0 Å². The Morgan fingerprint density at radius 3 is 0.882 bits per heavy atom. The number of carbonyl (C=O) groups excluding carboxylic acids is 1. The maximum atomic E-state index is 10.8. The molecule has 34 heavy (non-hydrogen) atoms. The topological polar surface area (TPSA) is 29.5 Å². The lowest BCUT2D eigenvalue weighted by Gasteiger charge is -2.18. The Morgan fingerprint density at radius 1 is 0.412 bits per heavy atom. The number of rotatable bonds is 30. The van der Waals surface area contributed by atoms with Gasteiger partial charge in [-0.2, -0.15) is 0 Å². The first-order chi connectivity index (χ1) is 16.8. The summed E-state index contributed by atoms with van der Waals surface area (Å²) < 4.78 is 0. The highest BCUT2D eigenvalue weighted by Crippen LogP contribution is 2.14. The zero-order valence-corrected chi connectivity index (χ0v) is 23.6. The van der Waals surface area contributed by atoms with Gasteiger partial charge in [-0.1, -0.05) is 168 Å². The summed E-state index contributed by atoms with van der Waals surface area (Å²) in [7, 11) is 0. The van der Waals surface area contributed by atoms with Crippen molar-refractivity contribution in [3.8, 4) is 0 Å². The van der Waals surface area contributed by atoms with E-state index in [-0.39, 0.29) is 0 Å². The molecule has 0 fully saturated rings. The molecule has 0 aliphatic heterocycles. The second-order valence-electron chi connectivity index (χ2n) is 10.6. The predicted octanol–water partition coefficient (Wildman–Crippen LogP) is 10.6. The van der Waals surface area contributed by atoms with Gasteiger partial charge < -0.3 is 4.84 Å². The van der Waals surface area contributed by atoms with Crippen molar-refractivity contribution in [1.29, 1.82) is 0 Å². The van der Waals surface area contributed by atoms with Crippen molar-refractivity contribution in [3.63, 3.8) is 0 Å². The summed E-state index contributed by atoms with van der Waals surface area (Å²) in [5.74, 6) is 0. The van der Waals surface area contributed by atoms with Crippen LogP contribution in [0, 0.1) is 0 Å². The van der Waals surface area contributed by atoms with Gasteiger partial charge in [-0.15, -0.1) is 5.06 Å². The summed E-state index contributed by atoms with van der Waals surface area (Å²) in [4.78, 5) is 16.0. The quantitative estimate of drug-likeness (QED) is 0.0580. The maximum Gasteiger partial charge on any atom is 0.312 e. The summed E-state index contributed by atoms with van der Waals surface area (Å²) in [5.41, 5.74) is 0. The van der Waals surface area contributed by atoms with Gasteiger partial charge in [0.1, 0.15) is 0 Å². The van der Waals surface area contributed by atoms with Crippen LogP contribution < -0.4 is 0 Å². The number of unbranched alkanes of at least 4 members (excludes halogenated alkanes) is 24. The van der Waals surface area contributed by atoms with E-state index in [1.54, 1.807) is 0 Å². The van der Waals surface area contributed by atoms with E-state index in [9.17, 15) is 4.79 Å². The number of hydrogen-bond acceptors (Lipinski definition) is 3. The molecule has 3 heteroatoms. The van der Waals surface area contributed by atoms with Crippen LogP contribution in [-0.2, 0) is 9.63 Å². The van der Waals surface area contributed by atoms with Crippen LogP contribution in [0.1, 0.15) is 181 Å². The molecule has 0 aromatic rings. The smallest absolute Gasteiger partial charge is 0.312 e. The summed E-state index contributed by atoms with van der Waals surface area (Å²) in [5, 5.41) is 1.89. The lowest BCUT2D eigenvalue weighted by molar-refractivity contribution is -0.174. The van der Waals surface area contributed by atoms with E-state index in [0.29, 0.717) is 6.47 Å². The minimum absolute atomic E-state index is 0.600. The Hall–Kier alpha value is -0.570. The molecule has 0 aromatic carbocycles. The normalized spacial score (nSPS) is 11.4. The molecule has 0 saturated carbocycles. The van der Waals surface area contributed by atoms with Crippen molar-refractivity contribution in [2.75, 3.05) is 13.1 Å². The maximum absolute atomic E-state index is 10.8. The Bertz CT molecular complexity index is 374. The minimum Gasteiger partial charge on any atom is -0.371 e. The van der Waals surface area contributed by atoms with Crippen LogP contribution in [0.3, 0.4) is 0 Å². The SMILES string of the molecule is CCCCCCCCCCCCCCCCCCN(CCCCCCCCCCCC)OC=O. The number of carbonyl (C=O) groups is 1. The van der Waals surface area contributed by atoms with E-state index in [0.717, 1.165) is 25.9 Å². The molecular formula is C31H63NO2. The fourth-order valence-corrected chi connectivity index (χ4v) is 4.89. The second kappa shape index (κ2) is 30.5. The van der Waals surface area contributed by atoms with Gasteiger partial charge in [-0.25, -0.2) is 0 Å². The average Bonchev–Trinajstić information content (AvgIpc) is 2.84.